The largest absolute Gasteiger partial charge is 0.480 e. The normalized spacial score (nSPS) is 24.0. The van der Waals surface area contributed by atoms with Crippen LogP contribution in [0, 0.1) is 0 Å². The Morgan fingerprint density at radius 3 is 2.70 bits per heavy atom. The molecule has 1 aromatic carbocycles. The summed E-state index contributed by atoms with van der Waals surface area (Å²) in [4.78, 5) is 52.4. The van der Waals surface area contributed by atoms with Crippen LogP contribution in [0.5, 0.6) is 0 Å². The minimum atomic E-state index is -1.44. The first-order valence-corrected chi connectivity index (χ1v) is 9.95. The number of carbonyl (C=O) groups excluding carboxylic acids is 3. The lowest BCUT2D eigenvalue weighted by molar-refractivity contribution is -0.143. The van der Waals surface area contributed by atoms with Crippen molar-refractivity contribution < 1.29 is 24.3 Å². The molecule has 0 bridgehead atoms. The molecule has 1 aliphatic heterocycles. The Morgan fingerprint density at radius 1 is 1.17 bits per heavy atom. The average molecular weight is 414 g/mol. The Kier molecular flexibility index (Phi) is 6.39. The van der Waals surface area contributed by atoms with Crippen molar-refractivity contribution in [3.05, 3.63) is 36.0 Å². The molecule has 5 N–H and O–H groups in total. The number of fused-ring (bicyclic) bond motifs is 1. The molecule has 0 spiro atoms. The van der Waals surface area contributed by atoms with Gasteiger partial charge in [0.2, 0.25) is 17.7 Å². The van der Waals surface area contributed by atoms with Crippen LogP contribution in [0.25, 0.3) is 10.9 Å². The summed E-state index contributed by atoms with van der Waals surface area (Å²) in [6.45, 7) is 1.89. The number of aromatic amines is 1. The van der Waals surface area contributed by atoms with Gasteiger partial charge in [0, 0.05) is 30.1 Å². The SMILES string of the molecule is C[C@@]1(Cc2c[nH]c3ccccc23)NC(=O)CC(=O)NCCCC[C@@H](C(=O)O)NC1=O. The Bertz CT molecular complexity index is 969. The summed E-state index contributed by atoms with van der Waals surface area (Å²) in [5.41, 5.74) is 0.240. The molecule has 3 amide bonds. The van der Waals surface area contributed by atoms with Crippen molar-refractivity contribution in [1.82, 2.24) is 20.9 Å². The molecule has 0 saturated carbocycles. The van der Waals surface area contributed by atoms with E-state index in [1.165, 1.54) is 0 Å². The summed E-state index contributed by atoms with van der Waals surface area (Å²) < 4.78 is 0. The highest BCUT2D eigenvalue weighted by atomic mass is 16.4. The Hall–Kier alpha value is -3.36. The molecular weight excluding hydrogens is 388 g/mol. The van der Waals surface area contributed by atoms with Crippen LogP contribution in [0.1, 0.15) is 38.2 Å². The van der Waals surface area contributed by atoms with Gasteiger partial charge >= 0.3 is 5.97 Å². The van der Waals surface area contributed by atoms with Gasteiger partial charge < -0.3 is 26.0 Å². The molecule has 160 valence electrons. The van der Waals surface area contributed by atoms with Crippen molar-refractivity contribution in [1.29, 1.82) is 0 Å². The number of benzene rings is 1. The van der Waals surface area contributed by atoms with Crippen molar-refractivity contribution in [2.75, 3.05) is 6.54 Å². The molecule has 0 unspecified atom stereocenters. The fourth-order valence-electron chi connectivity index (χ4n) is 3.68. The number of carboxylic acids is 1. The monoisotopic (exact) mass is 414 g/mol. The van der Waals surface area contributed by atoms with Crippen molar-refractivity contribution in [3.63, 3.8) is 0 Å². The maximum Gasteiger partial charge on any atom is 0.326 e. The highest BCUT2D eigenvalue weighted by molar-refractivity contribution is 6.00. The number of aromatic nitrogens is 1. The number of carboxylic acid groups (broad SMARTS) is 1. The maximum absolute atomic E-state index is 13.1. The van der Waals surface area contributed by atoms with Crippen LogP contribution in [0.15, 0.2) is 30.5 Å². The molecule has 3 rings (SSSR count). The average Bonchev–Trinajstić information content (AvgIpc) is 3.08. The zero-order valence-electron chi connectivity index (χ0n) is 16.8. The van der Waals surface area contributed by atoms with Crippen LogP contribution in [0.2, 0.25) is 0 Å². The summed E-state index contributed by atoms with van der Waals surface area (Å²) in [5, 5.41) is 18.3. The predicted octanol–water partition coefficient (Wildman–Crippen LogP) is 0.845. The third kappa shape index (κ3) is 4.97. The smallest absolute Gasteiger partial charge is 0.326 e. The van der Waals surface area contributed by atoms with Gasteiger partial charge in [-0.05, 0) is 37.8 Å². The van der Waals surface area contributed by atoms with Crippen LogP contribution >= 0.6 is 0 Å². The third-order valence-electron chi connectivity index (χ3n) is 5.30. The van der Waals surface area contributed by atoms with Crippen molar-refractivity contribution in [2.24, 2.45) is 0 Å². The van der Waals surface area contributed by atoms with E-state index in [9.17, 15) is 24.3 Å². The molecule has 0 radical (unpaired) electrons. The fraction of sp³-hybridized carbons (Fsp3) is 0.429. The molecule has 2 atom stereocenters. The first-order valence-electron chi connectivity index (χ1n) is 9.95. The van der Waals surface area contributed by atoms with Crippen LogP contribution in [0.3, 0.4) is 0 Å². The summed E-state index contributed by atoms with van der Waals surface area (Å²) in [5.74, 6) is -2.77. The van der Waals surface area contributed by atoms with E-state index in [2.05, 4.69) is 20.9 Å². The number of carbonyl (C=O) groups is 4. The van der Waals surface area contributed by atoms with Crippen molar-refractivity contribution in [2.45, 2.75) is 50.6 Å². The lowest BCUT2D eigenvalue weighted by Gasteiger charge is -2.31. The number of nitrogens with one attached hydrogen (secondary N) is 4. The molecule has 9 heteroatoms. The van der Waals surface area contributed by atoms with Crippen LogP contribution in [-0.4, -0.2) is 51.9 Å². The summed E-state index contributed by atoms with van der Waals surface area (Å²) in [7, 11) is 0. The highest BCUT2D eigenvalue weighted by Gasteiger charge is 2.38. The van der Waals surface area contributed by atoms with Gasteiger partial charge in [-0.25, -0.2) is 4.79 Å². The number of para-hydroxylation sites is 1. The Labute approximate surface area is 173 Å². The number of hydrogen-bond donors (Lipinski definition) is 5. The van der Waals surface area contributed by atoms with Crippen molar-refractivity contribution in [3.8, 4) is 0 Å². The molecular formula is C21H26N4O5. The maximum atomic E-state index is 13.1. The molecule has 1 saturated heterocycles. The van der Waals surface area contributed by atoms with Gasteiger partial charge in [0.05, 0.1) is 0 Å². The topological polar surface area (TPSA) is 140 Å². The van der Waals surface area contributed by atoms with Gasteiger partial charge in [0.15, 0.2) is 0 Å². The zero-order chi connectivity index (χ0) is 21.7. The summed E-state index contributed by atoms with van der Waals surface area (Å²) in [6, 6.07) is 6.48. The van der Waals surface area contributed by atoms with E-state index in [0.717, 1.165) is 16.5 Å². The Morgan fingerprint density at radius 2 is 1.93 bits per heavy atom. The van der Waals surface area contributed by atoms with Gasteiger partial charge in [-0.3, -0.25) is 14.4 Å². The number of aliphatic carboxylic acids is 1. The van der Waals surface area contributed by atoms with E-state index in [1.54, 1.807) is 13.1 Å². The number of hydrogen-bond acceptors (Lipinski definition) is 4. The van der Waals surface area contributed by atoms with E-state index in [1.807, 2.05) is 24.3 Å². The number of H-pyrrole nitrogens is 1. The van der Waals surface area contributed by atoms with Gasteiger partial charge in [-0.1, -0.05) is 18.2 Å². The van der Waals surface area contributed by atoms with Crippen LogP contribution < -0.4 is 16.0 Å². The van der Waals surface area contributed by atoms with Gasteiger partial charge in [0.1, 0.15) is 18.0 Å². The molecule has 2 aromatic rings. The second kappa shape index (κ2) is 8.98. The first kappa shape index (κ1) is 21.4. The molecule has 2 heterocycles. The van der Waals surface area contributed by atoms with E-state index in [0.29, 0.717) is 19.4 Å². The minimum Gasteiger partial charge on any atom is -0.480 e. The second-order valence-electron chi connectivity index (χ2n) is 7.80. The van der Waals surface area contributed by atoms with E-state index in [-0.39, 0.29) is 12.8 Å². The molecule has 9 nitrogen and oxygen atoms in total. The standard InChI is InChI=1S/C21H26N4O5/c1-21(11-13-12-23-15-7-3-2-6-14(13)15)20(30)24-16(19(28)29)8-4-5-9-22-17(26)10-18(27)25-21/h2-3,6-7,12,16,23H,4-5,8-11H2,1H3,(H,22,26)(H,24,30)(H,25,27)(H,28,29)/t16-,21-/m0/s1. The summed E-state index contributed by atoms with van der Waals surface area (Å²) in [6.07, 6.45) is 2.78. The number of amides is 3. The second-order valence-corrected chi connectivity index (χ2v) is 7.80. The first-order chi connectivity index (χ1) is 14.3. The van der Waals surface area contributed by atoms with E-state index in [4.69, 9.17) is 0 Å². The molecule has 30 heavy (non-hydrogen) atoms. The lowest BCUT2D eigenvalue weighted by atomic mass is 9.90. The third-order valence-corrected chi connectivity index (χ3v) is 5.30. The summed E-state index contributed by atoms with van der Waals surface area (Å²) >= 11 is 0. The van der Waals surface area contributed by atoms with Gasteiger partial charge in [0.25, 0.3) is 0 Å². The van der Waals surface area contributed by atoms with Crippen LogP contribution in [-0.2, 0) is 25.6 Å². The fourth-order valence-corrected chi connectivity index (χ4v) is 3.68. The van der Waals surface area contributed by atoms with E-state index >= 15 is 0 Å². The van der Waals surface area contributed by atoms with Gasteiger partial charge in [-0.15, -0.1) is 0 Å². The molecule has 1 fully saturated rings. The molecule has 1 aromatic heterocycles. The minimum absolute atomic E-state index is 0.128. The Balaban J connectivity index is 1.92. The molecule has 1 aliphatic rings. The van der Waals surface area contributed by atoms with Gasteiger partial charge in [-0.2, -0.15) is 0 Å². The quantitative estimate of drug-likeness (QED) is 0.474. The predicted molar refractivity (Wildman–Crippen MR) is 110 cm³/mol. The van der Waals surface area contributed by atoms with Crippen LogP contribution in [0.4, 0.5) is 0 Å². The highest BCUT2D eigenvalue weighted by Crippen LogP contribution is 2.23. The van der Waals surface area contributed by atoms with E-state index < -0.39 is 41.7 Å². The lowest BCUT2D eigenvalue weighted by Crippen LogP contribution is -2.60. The molecule has 0 aliphatic carbocycles. The zero-order valence-corrected chi connectivity index (χ0v) is 16.8. The number of rotatable bonds is 3. The van der Waals surface area contributed by atoms with Crippen molar-refractivity contribution >= 4 is 34.6 Å².